The Labute approximate surface area is 81.5 Å². The zero-order valence-corrected chi connectivity index (χ0v) is 7.88. The fourth-order valence-corrected chi connectivity index (χ4v) is 1.47. The molecule has 6 heteroatoms. The average molecular weight is 205 g/mol. The number of amides is 1. The average Bonchev–Trinajstić information content (AvgIpc) is 2.46. The smallest absolute Gasteiger partial charge is 0.217 e. The normalized spacial score (nSPS) is 34.1. The molecule has 1 heterocycles. The van der Waals surface area contributed by atoms with E-state index in [2.05, 4.69) is 5.32 Å². The first-order chi connectivity index (χ1) is 6.56. The van der Waals surface area contributed by atoms with E-state index in [0.29, 0.717) is 0 Å². The van der Waals surface area contributed by atoms with Crippen LogP contribution in [0.15, 0.2) is 0 Å². The molecule has 0 aromatic heterocycles. The van der Waals surface area contributed by atoms with Crippen molar-refractivity contribution in [3.8, 4) is 0 Å². The van der Waals surface area contributed by atoms with Gasteiger partial charge >= 0.3 is 0 Å². The van der Waals surface area contributed by atoms with Crippen LogP contribution in [0.25, 0.3) is 0 Å². The lowest BCUT2D eigenvalue weighted by atomic mass is 10.1. The Bertz CT molecular complexity index is 210. The van der Waals surface area contributed by atoms with Crippen molar-refractivity contribution in [3.05, 3.63) is 0 Å². The van der Waals surface area contributed by atoms with E-state index in [9.17, 15) is 15.0 Å². The number of hydrogen-bond acceptors (Lipinski definition) is 5. The number of aliphatic hydroxyl groups excluding tert-OH is 3. The molecule has 0 aliphatic carbocycles. The molecule has 1 rings (SSSR count). The van der Waals surface area contributed by atoms with Crippen molar-refractivity contribution in [1.29, 1.82) is 0 Å². The molecular weight excluding hydrogens is 190 g/mol. The first-order valence-electron chi connectivity index (χ1n) is 4.42. The Morgan fingerprint density at radius 1 is 1.71 bits per heavy atom. The molecule has 4 atom stereocenters. The summed E-state index contributed by atoms with van der Waals surface area (Å²) in [4.78, 5) is 10.7. The highest BCUT2D eigenvalue weighted by atomic mass is 16.5. The highest BCUT2D eigenvalue weighted by Crippen LogP contribution is 2.17. The van der Waals surface area contributed by atoms with Gasteiger partial charge in [0.1, 0.15) is 18.3 Å². The monoisotopic (exact) mass is 205 g/mol. The van der Waals surface area contributed by atoms with Gasteiger partial charge in [-0.15, -0.1) is 0 Å². The Balaban J connectivity index is 2.50. The molecule has 0 aromatic rings. The molecule has 0 radical (unpaired) electrons. The van der Waals surface area contributed by atoms with E-state index >= 15 is 0 Å². The first-order valence-corrected chi connectivity index (χ1v) is 4.42. The highest BCUT2D eigenvalue weighted by Gasteiger charge is 2.40. The third kappa shape index (κ3) is 2.42. The van der Waals surface area contributed by atoms with Crippen molar-refractivity contribution >= 4 is 5.91 Å². The van der Waals surface area contributed by atoms with Gasteiger partial charge in [-0.3, -0.25) is 4.79 Å². The van der Waals surface area contributed by atoms with Gasteiger partial charge < -0.3 is 25.4 Å². The summed E-state index contributed by atoms with van der Waals surface area (Å²) in [5.41, 5.74) is 0. The quantitative estimate of drug-likeness (QED) is 0.412. The van der Waals surface area contributed by atoms with E-state index in [1.54, 1.807) is 0 Å². The van der Waals surface area contributed by atoms with Crippen LogP contribution in [0.5, 0.6) is 0 Å². The highest BCUT2D eigenvalue weighted by molar-refractivity contribution is 5.73. The van der Waals surface area contributed by atoms with Crippen LogP contribution < -0.4 is 5.32 Å². The molecule has 14 heavy (non-hydrogen) atoms. The van der Waals surface area contributed by atoms with E-state index in [0.717, 1.165) is 0 Å². The maximum absolute atomic E-state index is 10.7. The lowest BCUT2D eigenvalue weighted by molar-refractivity contribution is -0.120. The van der Waals surface area contributed by atoms with E-state index in [-0.39, 0.29) is 12.5 Å². The zero-order chi connectivity index (χ0) is 10.7. The molecular formula is C8H15NO5. The maximum Gasteiger partial charge on any atom is 0.217 e. The number of aliphatic hydroxyl groups is 3. The van der Waals surface area contributed by atoms with Crippen LogP contribution in [-0.2, 0) is 9.53 Å². The molecule has 1 amide bonds. The summed E-state index contributed by atoms with van der Waals surface area (Å²) in [5, 5.41) is 30.0. The SMILES string of the molecule is CC(=O)N[C@@H]1CO[C@@H]([C@@H](O)CO)[C@@H]1O. The number of ether oxygens (including phenoxy) is 1. The number of hydrogen-bond donors (Lipinski definition) is 4. The van der Waals surface area contributed by atoms with E-state index in [1.165, 1.54) is 6.92 Å². The van der Waals surface area contributed by atoms with Crippen molar-refractivity contribution in [2.75, 3.05) is 13.2 Å². The minimum atomic E-state index is -1.12. The summed E-state index contributed by atoms with van der Waals surface area (Å²) in [5.74, 6) is -0.267. The molecule has 1 aliphatic heterocycles. The number of carbonyl (C=O) groups excluding carboxylic acids is 1. The standard InChI is InChI=1S/C8H15NO5/c1-4(11)9-5-3-14-8(7(5)13)6(12)2-10/h5-8,10,12-13H,2-3H2,1H3,(H,9,11)/t5-,6+,7-,8+/m1/s1. The molecule has 0 saturated carbocycles. The van der Waals surface area contributed by atoms with Gasteiger partial charge in [-0.1, -0.05) is 0 Å². The maximum atomic E-state index is 10.7. The largest absolute Gasteiger partial charge is 0.394 e. The first kappa shape index (κ1) is 11.4. The molecule has 1 saturated heterocycles. The van der Waals surface area contributed by atoms with Crippen molar-refractivity contribution in [3.63, 3.8) is 0 Å². The summed E-state index contributed by atoms with van der Waals surface area (Å²) in [6.45, 7) is 1.000. The van der Waals surface area contributed by atoms with Gasteiger partial charge in [0.25, 0.3) is 0 Å². The van der Waals surface area contributed by atoms with Gasteiger partial charge in [0.2, 0.25) is 5.91 Å². The molecule has 0 unspecified atom stereocenters. The summed E-state index contributed by atoms with van der Waals surface area (Å²) < 4.78 is 5.06. The molecule has 1 fully saturated rings. The van der Waals surface area contributed by atoms with Crippen molar-refractivity contribution in [2.45, 2.75) is 31.3 Å². The van der Waals surface area contributed by atoms with Gasteiger partial charge in [-0.2, -0.15) is 0 Å². The minimum Gasteiger partial charge on any atom is -0.394 e. The van der Waals surface area contributed by atoms with Gasteiger partial charge in [-0.05, 0) is 0 Å². The zero-order valence-electron chi connectivity index (χ0n) is 7.88. The van der Waals surface area contributed by atoms with Gasteiger partial charge in [-0.25, -0.2) is 0 Å². The van der Waals surface area contributed by atoms with E-state index in [4.69, 9.17) is 9.84 Å². The van der Waals surface area contributed by atoms with Crippen LogP contribution in [0, 0.1) is 0 Å². The van der Waals surface area contributed by atoms with Crippen molar-refractivity contribution in [1.82, 2.24) is 5.32 Å². The van der Waals surface area contributed by atoms with Gasteiger partial charge in [0, 0.05) is 6.92 Å². The molecule has 4 N–H and O–H groups in total. The van der Waals surface area contributed by atoms with Crippen LogP contribution >= 0.6 is 0 Å². The predicted molar refractivity (Wildman–Crippen MR) is 46.4 cm³/mol. The van der Waals surface area contributed by atoms with E-state index in [1.807, 2.05) is 0 Å². The fourth-order valence-electron chi connectivity index (χ4n) is 1.47. The number of carbonyl (C=O) groups is 1. The second kappa shape index (κ2) is 4.70. The molecule has 6 nitrogen and oxygen atoms in total. The summed E-state index contributed by atoms with van der Waals surface area (Å²) in [6.07, 6.45) is -2.94. The van der Waals surface area contributed by atoms with Crippen LogP contribution in [0.4, 0.5) is 0 Å². The Hall–Kier alpha value is -0.690. The Kier molecular flexibility index (Phi) is 3.82. The molecule has 0 bridgehead atoms. The second-order valence-electron chi connectivity index (χ2n) is 3.35. The van der Waals surface area contributed by atoms with Crippen LogP contribution in [-0.4, -0.2) is 58.8 Å². The lowest BCUT2D eigenvalue weighted by Crippen LogP contribution is -2.46. The summed E-state index contributed by atoms with van der Waals surface area (Å²) >= 11 is 0. The fraction of sp³-hybridized carbons (Fsp3) is 0.875. The topological polar surface area (TPSA) is 99.0 Å². The third-order valence-corrected chi connectivity index (χ3v) is 2.17. The summed E-state index contributed by atoms with van der Waals surface area (Å²) in [6, 6.07) is -0.515. The molecule has 0 aromatic carbocycles. The predicted octanol–water partition coefficient (Wildman–Crippen LogP) is -2.40. The van der Waals surface area contributed by atoms with Gasteiger partial charge in [0.15, 0.2) is 0 Å². The Morgan fingerprint density at radius 2 is 2.36 bits per heavy atom. The number of rotatable bonds is 3. The van der Waals surface area contributed by atoms with Crippen LogP contribution in [0.3, 0.4) is 0 Å². The summed E-state index contributed by atoms with van der Waals surface area (Å²) in [7, 11) is 0. The molecule has 0 spiro atoms. The lowest BCUT2D eigenvalue weighted by Gasteiger charge is -2.20. The molecule has 1 aliphatic rings. The third-order valence-electron chi connectivity index (χ3n) is 2.17. The second-order valence-corrected chi connectivity index (χ2v) is 3.35. The van der Waals surface area contributed by atoms with Crippen molar-refractivity contribution in [2.24, 2.45) is 0 Å². The van der Waals surface area contributed by atoms with Crippen LogP contribution in [0.1, 0.15) is 6.92 Å². The van der Waals surface area contributed by atoms with Crippen molar-refractivity contribution < 1.29 is 24.9 Å². The Morgan fingerprint density at radius 3 is 2.86 bits per heavy atom. The van der Waals surface area contributed by atoms with E-state index < -0.39 is 31.0 Å². The number of nitrogens with one attached hydrogen (secondary N) is 1. The molecule has 82 valence electrons. The van der Waals surface area contributed by atoms with Crippen LogP contribution in [0.2, 0.25) is 0 Å². The van der Waals surface area contributed by atoms with Gasteiger partial charge in [0.05, 0.1) is 19.3 Å². The minimum absolute atomic E-state index is 0.141.